The van der Waals surface area contributed by atoms with E-state index in [1.165, 1.54) is 0 Å². The summed E-state index contributed by atoms with van der Waals surface area (Å²) in [7, 11) is 1.84. The average molecular weight is 394 g/mol. The Labute approximate surface area is 164 Å². The zero-order valence-corrected chi connectivity index (χ0v) is 16.3. The fourth-order valence-electron chi connectivity index (χ4n) is 4.24. The third-order valence-electron chi connectivity index (χ3n) is 5.77. The molecule has 1 aromatic rings. The highest BCUT2D eigenvalue weighted by Crippen LogP contribution is 2.35. The molecule has 1 aromatic heterocycles. The van der Waals surface area contributed by atoms with Crippen molar-refractivity contribution in [2.24, 2.45) is 7.05 Å². The lowest BCUT2D eigenvalue weighted by Gasteiger charge is -2.26. The average Bonchev–Trinajstić information content (AvgIpc) is 3.36. The lowest BCUT2D eigenvalue weighted by atomic mass is 10.1. The summed E-state index contributed by atoms with van der Waals surface area (Å²) in [6.07, 6.45) is 4.84. The molecule has 0 aliphatic carbocycles. The van der Waals surface area contributed by atoms with Gasteiger partial charge in [-0.25, -0.2) is 0 Å². The first-order valence-corrected chi connectivity index (χ1v) is 10.1. The number of amides is 1. The van der Waals surface area contributed by atoms with Crippen LogP contribution in [-0.2, 0) is 32.6 Å². The second-order valence-corrected chi connectivity index (χ2v) is 7.96. The van der Waals surface area contributed by atoms with Gasteiger partial charge in [0.05, 0.1) is 30.9 Å². The SMILES string of the molecule is Cn1cc(CNC(=O)C[C@@H]2C[C@H]3O[C@H](CNC4CCOCC4)[C@@H](O)[C@H]3O2)cn1. The summed E-state index contributed by atoms with van der Waals surface area (Å²) in [6.45, 7) is 2.62. The second-order valence-electron chi connectivity index (χ2n) is 7.96. The summed E-state index contributed by atoms with van der Waals surface area (Å²) < 4.78 is 19.0. The maximum atomic E-state index is 12.2. The molecular formula is C19H30N4O5. The molecule has 4 rings (SSSR count). The van der Waals surface area contributed by atoms with Gasteiger partial charge in [-0.1, -0.05) is 0 Å². The van der Waals surface area contributed by atoms with Gasteiger partial charge in [0.15, 0.2) is 0 Å². The van der Waals surface area contributed by atoms with Crippen molar-refractivity contribution in [1.82, 2.24) is 20.4 Å². The van der Waals surface area contributed by atoms with E-state index in [4.69, 9.17) is 14.2 Å². The molecule has 28 heavy (non-hydrogen) atoms. The monoisotopic (exact) mass is 394 g/mol. The quantitative estimate of drug-likeness (QED) is 0.571. The Morgan fingerprint density at radius 3 is 2.89 bits per heavy atom. The molecule has 0 radical (unpaired) electrons. The Morgan fingerprint density at radius 1 is 1.36 bits per heavy atom. The lowest BCUT2D eigenvalue weighted by molar-refractivity contribution is -0.124. The van der Waals surface area contributed by atoms with Crippen LogP contribution in [0.4, 0.5) is 0 Å². The summed E-state index contributed by atoms with van der Waals surface area (Å²) in [5.74, 6) is -0.0685. The largest absolute Gasteiger partial charge is 0.388 e. The number of aromatic nitrogens is 2. The van der Waals surface area contributed by atoms with Gasteiger partial charge in [0.2, 0.25) is 5.91 Å². The van der Waals surface area contributed by atoms with E-state index in [0.29, 0.717) is 25.6 Å². The van der Waals surface area contributed by atoms with Crippen LogP contribution in [0.1, 0.15) is 31.2 Å². The number of rotatable bonds is 7. The van der Waals surface area contributed by atoms with Gasteiger partial charge in [-0.2, -0.15) is 5.10 Å². The molecule has 3 aliphatic heterocycles. The highest BCUT2D eigenvalue weighted by Gasteiger charge is 2.50. The molecule has 0 aromatic carbocycles. The summed E-state index contributed by atoms with van der Waals surface area (Å²) in [4.78, 5) is 12.2. The third kappa shape index (κ3) is 4.72. The molecule has 9 heteroatoms. The number of nitrogens with one attached hydrogen (secondary N) is 2. The van der Waals surface area contributed by atoms with Crippen molar-refractivity contribution >= 4 is 5.91 Å². The molecule has 0 unspecified atom stereocenters. The van der Waals surface area contributed by atoms with Crippen molar-refractivity contribution in [3.63, 3.8) is 0 Å². The van der Waals surface area contributed by atoms with Crippen LogP contribution in [0.3, 0.4) is 0 Å². The van der Waals surface area contributed by atoms with Gasteiger partial charge < -0.3 is 30.0 Å². The first-order valence-electron chi connectivity index (χ1n) is 10.1. The van der Waals surface area contributed by atoms with Crippen molar-refractivity contribution in [2.45, 2.75) is 68.8 Å². The minimum absolute atomic E-state index is 0.0685. The maximum Gasteiger partial charge on any atom is 0.222 e. The number of aryl methyl sites for hydroxylation is 1. The van der Waals surface area contributed by atoms with Gasteiger partial charge in [0, 0.05) is 57.6 Å². The molecule has 9 nitrogen and oxygen atoms in total. The highest BCUT2D eigenvalue weighted by molar-refractivity contribution is 5.76. The number of hydrogen-bond acceptors (Lipinski definition) is 7. The van der Waals surface area contributed by atoms with E-state index < -0.39 is 6.10 Å². The number of aliphatic hydroxyl groups is 1. The fourth-order valence-corrected chi connectivity index (χ4v) is 4.24. The number of ether oxygens (including phenoxy) is 3. The molecule has 0 saturated carbocycles. The molecule has 3 aliphatic rings. The van der Waals surface area contributed by atoms with Crippen LogP contribution >= 0.6 is 0 Å². The molecule has 1 amide bonds. The molecule has 0 bridgehead atoms. The van der Waals surface area contributed by atoms with Gasteiger partial charge in [0.25, 0.3) is 0 Å². The van der Waals surface area contributed by atoms with Gasteiger partial charge in [-0.3, -0.25) is 9.48 Å². The summed E-state index contributed by atoms with van der Waals surface area (Å²) >= 11 is 0. The Hall–Kier alpha value is -1.52. The molecule has 3 N–H and O–H groups in total. The third-order valence-corrected chi connectivity index (χ3v) is 5.77. The van der Waals surface area contributed by atoms with E-state index in [1.54, 1.807) is 10.9 Å². The summed E-state index contributed by atoms with van der Waals surface area (Å²) in [6, 6.07) is 0.419. The molecule has 5 atom stereocenters. The van der Waals surface area contributed by atoms with Crippen molar-refractivity contribution < 1.29 is 24.1 Å². The van der Waals surface area contributed by atoms with Crippen molar-refractivity contribution in [2.75, 3.05) is 19.8 Å². The normalized spacial score (nSPS) is 33.1. The number of aliphatic hydroxyl groups excluding tert-OH is 1. The standard InChI is InChI=1S/C19H30N4O5/c1-23-11-12(9-22-23)8-21-17(24)7-14-6-15-19(27-14)18(25)16(28-15)10-20-13-2-4-26-5-3-13/h9,11,13-16,18-20,25H,2-8,10H2,1H3,(H,21,24)/t14-,15+,16+,18+,19-/m0/s1. The van der Waals surface area contributed by atoms with E-state index in [1.807, 2.05) is 13.2 Å². The van der Waals surface area contributed by atoms with Crippen LogP contribution in [0.15, 0.2) is 12.4 Å². The summed E-state index contributed by atoms with van der Waals surface area (Å²) in [5.41, 5.74) is 0.957. The predicted molar refractivity (Wildman–Crippen MR) is 99.5 cm³/mol. The van der Waals surface area contributed by atoms with Crippen LogP contribution in [0.25, 0.3) is 0 Å². The minimum Gasteiger partial charge on any atom is -0.388 e. The van der Waals surface area contributed by atoms with Crippen molar-refractivity contribution in [1.29, 1.82) is 0 Å². The van der Waals surface area contributed by atoms with Gasteiger partial charge in [-0.15, -0.1) is 0 Å². The van der Waals surface area contributed by atoms with Crippen LogP contribution in [0, 0.1) is 0 Å². The van der Waals surface area contributed by atoms with Crippen molar-refractivity contribution in [3.05, 3.63) is 18.0 Å². The lowest BCUT2D eigenvalue weighted by Crippen LogP contribution is -2.44. The zero-order valence-electron chi connectivity index (χ0n) is 16.3. The Balaban J connectivity index is 1.18. The molecule has 4 heterocycles. The molecule has 0 spiro atoms. The van der Waals surface area contributed by atoms with E-state index in [9.17, 15) is 9.90 Å². The number of carbonyl (C=O) groups excluding carboxylic acids is 1. The topological polar surface area (TPSA) is 107 Å². The highest BCUT2D eigenvalue weighted by atomic mass is 16.6. The van der Waals surface area contributed by atoms with E-state index in [2.05, 4.69) is 15.7 Å². The molecule has 3 saturated heterocycles. The fraction of sp³-hybridized carbons (Fsp3) is 0.789. The molecular weight excluding hydrogens is 364 g/mol. The first kappa shape index (κ1) is 19.8. The van der Waals surface area contributed by atoms with Gasteiger partial charge >= 0.3 is 0 Å². The van der Waals surface area contributed by atoms with E-state index >= 15 is 0 Å². The van der Waals surface area contributed by atoms with Crippen LogP contribution < -0.4 is 10.6 Å². The first-order chi connectivity index (χ1) is 13.6. The van der Waals surface area contributed by atoms with E-state index in [0.717, 1.165) is 31.6 Å². The Bertz CT molecular complexity index is 663. The number of hydrogen-bond donors (Lipinski definition) is 3. The Morgan fingerprint density at radius 2 is 2.18 bits per heavy atom. The number of nitrogens with zero attached hydrogens (tertiary/aromatic N) is 2. The maximum absolute atomic E-state index is 12.2. The van der Waals surface area contributed by atoms with Crippen LogP contribution in [0.5, 0.6) is 0 Å². The number of carbonyl (C=O) groups is 1. The molecule has 156 valence electrons. The van der Waals surface area contributed by atoms with E-state index in [-0.39, 0.29) is 36.7 Å². The minimum atomic E-state index is -0.666. The second kappa shape index (κ2) is 8.87. The number of fused-ring (bicyclic) bond motifs is 1. The van der Waals surface area contributed by atoms with Gasteiger partial charge in [-0.05, 0) is 12.8 Å². The van der Waals surface area contributed by atoms with Crippen molar-refractivity contribution in [3.8, 4) is 0 Å². The van der Waals surface area contributed by atoms with Gasteiger partial charge in [0.1, 0.15) is 12.2 Å². The smallest absolute Gasteiger partial charge is 0.222 e. The molecule has 3 fully saturated rings. The zero-order chi connectivity index (χ0) is 19.5. The Kier molecular flexibility index (Phi) is 6.27. The predicted octanol–water partition coefficient (Wildman–Crippen LogP) is -0.519. The summed E-state index contributed by atoms with van der Waals surface area (Å²) in [5, 5.41) is 21.0. The van der Waals surface area contributed by atoms with Crippen LogP contribution in [-0.4, -0.2) is 77.1 Å². The van der Waals surface area contributed by atoms with Crippen LogP contribution in [0.2, 0.25) is 0 Å².